The van der Waals surface area contributed by atoms with E-state index in [-0.39, 0.29) is 5.91 Å². The molecule has 2 aromatic rings. The molecule has 0 spiro atoms. The van der Waals surface area contributed by atoms with E-state index in [0.29, 0.717) is 5.56 Å². The molecule has 0 saturated carbocycles. The quantitative estimate of drug-likeness (QED) is 0.674. The Kier molecular flexibility index (Phi) is 4.69. The van der Waals surface area contributed by atoms with Gasteiger partial charge in [0.1, 0.15) is 0 Å². The number of hydrazone groups is 1. The Balaban J connectivity index is 2.03. The summed E-state index contributed by atoms with van der Waals surface area (Å²) < 4.78 is 0.974. The molecule has 0 fully saturated rings. The Labute approximate surface area is 126 Å². The summed E-state index contributed by atoms with van der Waals surface area (Å²) in [6.45, 7) is 4.00. The average Bonchev–Trinajstić information content (AvgIpc) is 2.42. The number of nitrogens with zero attached hydrogens (tertiary/aromatic N) is 1. The molecule has 0 radical (unpaired) electrons. The predicted octanol–water partition coefficient (Wildman–Crippen LogP) is 3.83. The van der Waals surface area contributed by atoms with Crippen molar-refractivity contribution in [1.29, 1.82) is 0 Å². The van der Waals surface area contributed by atoms with E-state index in [1.165, 1.54) is 5.56 Å². The molecule has 4 heteroatoms. The summed E-state index contributed by atoms with van der Waals surface area (Å²) >= 11 is 3.39. The van der Waals surface area contributed by atoms with E-state index >= 15 is 0 Å². The molecule has 0 aliphatic rings. The number of carbonyl (C=O) groups is 1. The minimum atomic E-state index is -0.209. The van der Waals surface area contributed by atoms with Crippen molar-refractivity contribution in [3.05, 3.63) is 69.2 Å². The van der Waals surface area contributed by atoms with Crippen LogP contribution in [0.3, 0.4) is 0 Å². The van der Waals surface area contributed by atoms with Crippen molar-refractivity contribution in [3.8, 4) is 0 Å². The highest BCUT2D eigenvalue weighted by molar-refractivity contribution is 9.10. The van der Waals surface area contributed by atoms with E-state index in [0.717, 1.165) is 15.6 Å². The normalized spacial score (nSPS) is 10.8. The van der Waals surface area contributed by atoms with Crippen molar-refractivity contribution < 1.29 is 4.79 Å². The summed E-state index contributed by atoms with van der Waals surface area (Å²) in [5, 5.41) is 3.97. The van der Waals surface area contributed by atoms with Gasteiger partial charge in [-0.05, 0) is 54.8 Å². The number of hydrogen-bond acceptors (Lipinski definition) is 2. The molecule has 0 aromatic heterocycles. The molecule has 0 aliphatic carbocycles. The van der Waals surface area contributed by atoms with Crippen LogP contribution >= 0.6 is 15.9 Å². The Morgan fingerprint density at radius 3 is 2.65 bits per heavy atom. The average molecular weight is 331 g/mol. The van der Waals surface area contributed by atoms with E-state index in [1.54, 1.807) is 12.3 Å². The third-order valence-electron chi connectivity index (χ3n) is 3.00. The van der Waals surface area contributed by atoms with Crippen molar-refractivity contribution in [1.82, 2.24) is 5.43 Å². The molecule has 20 heavy (non-hydrogen) atoms. The molecule has 102 valence electrons. The minimum absolute atomic E-state index is 0.209. The van der Waals surface area contributed by atoms with Gasteiger partial charge in [-0.2, -0.15) is 5.10 Å². The van der Waals surface area contributed by atoms with E-state index in [4.69, 9.17) is 0 Å². The Bertz CT molecular complexity index is 665. The smallest absolute Gasteiger partial charge is 0.267 e. The molecule has 0 aliphatic heterocycles. The van der Waals surface area contributed by atoms with Gasteiger partial charge in [-0.3, -0.25) is 4.79 Å². The lowest BCUT2D eigenvalue weighted by Crippen LogP contribution is -2.17. The van der Waals surface area contributed by atoms with Gasteiger partial charge in [-0.1, -0.05) is 34.1 Å². The van der Waals surface area contributed by atoms with Crippen molar-refractivity contribution in [2.45, 2.75) is 13.8 Å². The largest absolute Gasteiger partial charge is 0.271 e. The zero-order valence-electron chi connectivity index (χ0n) is 11.4. The van der Waals surface area contributed by atoms with Crippen molar-refractivity contribution in [2.24, 2.45) is 5.10 Å². The molecular weight excluding hydrogens is 316 g/mol. The molecule has 0 saturated heterocycles. The summed E-state index contributed by atoms with van der Waals surface area (Å²) in [5.41, 5.74) is 6.31. The molecule has 0 bridgehead atoms. The number of halogens is 1. The SMILES string of the molecule is Cc1ccc(C(=O)NN=Cc2cccc(Br)c2)cc1C. The Hall–Kier alpha value is -1.94. The number of benzene rings is 2. The second-order valence-electron chi connectivity index (χ2n) is 4.55. The number of rotatable bonds is 3. The van der Waals surface area contributed by atoms with Crippen LogP contribution in [0.4, 0.5) is 0 Å². The number of amides is 1. The highest BCUT2D eigenvalue weighted by atomic mass is 79.9. The van der Waals surface area contributed by atoms with Gasteiger partial charge in [0.05, 0.1) is 6.21 Å². The molecular formula is C16H15BrN2O. The van der Waals surface area contributed by atoms with Gasteiger partial charge in [-0.15, -0.1) is 0 Å². The highest BCUT2D eigenvalue weighted by Gasteiger charge is 2.04. The lowest BCUT2D eigenvalue weighted by atomic mass is 10.1. The van der Waals surface area contributed by atoms with Gasteiger partial charge in [0, 0.05) is 10.0 Å². The maximum atomic E-state index is 11.9. The minimum Gasteiger partial charge on any atom is -0.267 e. The Morgan fingerprint density at radius 1 is 1.15 bits per heavy atom. The van der Waals surface area contributed by atoms with Crippen LogP contribution in [0.5, 0.6) is 0 Å². The molecule has 0 heterocycles. The maximum absolute atomic E-state index is 11.9. The van der Waals surface area contributed by atoms with Crippen LogP contribution in [-0.4, -0.2) is 12.1 Å². The molecule has 2 aromatic carbocycles. The lowest BCUT2D eigenvalue weighted by molar-refractivity contribution is 0.0955. The molecule has 2 rings (SSSR count). The fourth-order valence-electron chi connectivity index (χ4n) is 1.70. The van der Waals surface area contributed by atoms with Gasteiger partial charge >= 0.3 is 0 Å². The monoisotopic (exact) mass is 330 g/mol. The number of carbonyl (C=O) groups excluding carboxylic acids is 1. The second-order valence-corrected chi connectivity index (χ2v) is 5.47. The van der Waals surface area contributed by atoms with Crippen molar-refractivity contribution in [2.75, 3.05) is 0 Å². The fraction of sp³-hybridized carbons (Fsp3) is 0.125. The van der Waals surface area contributed by atoms with Gasteiger partial charge in [0.25, 0.3) is 5.91 Å². The maximum Gasteiger partial charge on any atom is 0.271 e. The van der Waals surface area contributed by atoms with Crippen LogP contribution in [0.1, 0.15) is 27.0 Å². The van der Waals surface area contributed by atoms with Gasteiger partial charge in [-0.25, -0.2) is 5.43 Å². The first-order valence-electron chi connectivity index (χ1n) is 6.22. The number of hydrogen-bond donors (Lipinski definition) is 1. The fourth-order valence-corrected chi connectivity index (χ4v) is 2.12. The van der Waals surface area contributed by atoms with Crippen molar-refractivity contribution >= 4 is 28.1 Å². The molecule has 1 amide bonds. The van der Waals surface area contributed by atoms with Crippen LogP contribution in [-0.2, 0) is 0 Å². The van der Waals surface area contributed by atoms with Gasteiger partial charge in [0.2, 0.25) is 0 Å². The standard InChI is InChI=1S/C16H15BrN2O/c1-11-6-7-14(8-12(11)2)16(20)19-18-10-13-4-3-5-15(17)9-13/h3-10H,1-2H3,(H,19,20). The lowest BCUT2D eigenvalue weighted by Gasteiger charge is -2.03. The van der Waals surface area contributed by atoms with Crippen molar-refractivity contribution in [3.63, 3.8) is 0 Å². The third kappa shape index (κ3) is 3.78. The number of nitrogens with one attached hydrogen (secondary N) is 1. The molecule has 1 N–H and O–H groups in total. The molecule has 0 unspecified atom stereocenters. The zero-order chi connectivity index (χ0) is 14.5. The Morgan fingerprint density at radius 2 is 1.95 bits per heavy atom. The molecule has 0 atom stereocenters. The zero-order valence-corrected chi connectivity index (χ0v) is 12.9. The first kappa shape index (κ1) is 14.5. The van der Waals surface area contributed by atoms with E-state index < -0.39 is 0 Å². The summed E-state index contributed by atoms with van der Waals surface area (Å²) in [7, 11) is 0. The summed E-state index contributed by atoms with van der Waals surface area (Å²) in [5.74, 6) is -0.209. The van der Waals surface area contributed by atoms with E-state index in [2.05, 4.69) is 26.5 Å². The van der Waals surface area contributed by atoms with Crippen LogP contribution in [0.25, 0.3) is 0 Å². The summed E-state index contributed by atoms with van der Waals surface area (Å²) in [6, 6.07) is 13.3. The van der Waals surface area contributed by atoms with Gasteiger partial charge < -0.3 is 0 Å². The van der Waals surface area contributed by atoms with Crippen LogP contribution in [0.15, 0.2) is 52.0 Å². The first-order chi connectivity index (χ1) is 9.56. The van der Waals surface area contributed by atoms with Crippen LogP contribution in [0, 0.1) is 13.8 Å². The van der Waals surface area contributed by atoms with Crippen LogP contribution < -0.4 is 5.43 Å². The highest BCUT2D eigenvalue weighted by Crippen LogP contribution is 2.11. The number of aryl methyl sites for hydroxylation is 2. The van der Waals surface area contributed by atoms with Crippen LogP contribution in [0.2, 0.25) is 0 Å². The van der Waals surface area contributed by atoms with Gasteiger partial charge in [0.15, 0.2) is 0 Å². The summed E-state index contributed by atoms with van der Waals surface area (Å²) in [4.78, 5) is 11.9. The second kappa shape index (κ2) is 6.48. The third-order valence-corrected chi connectivity index (χ3v) is 3.49. The topological polar surface area (TPSA) is 41.5 Å². The summed E-state index contributed by atoms with van der Waals surface area (Å²) in [6.07, 6.45) is 1.61. The first-order valence-corrected chi connectivity index (χ1v) is 7.02. The predicted molar refractivity (Wildman–Crippen MR) is 85.1 cm³/mol. The molecule has 3 nitrogen and oxygen atoms in total. The van der Waals surface area contributed by atoms with E-state index in [1.807, 2.05) is 50.2 Å². The van der Waals surface area contributed by atoms with E-state index in [9.17, 15) is 4.79 Å².